The number of hydrogen-bond donors (Lipinski definition) is 2. The van der Waals surface area contributed by atoms with Crippen LogP contribution in [0, 0.1) is 18.8 Å². The molecule has 1 amide bonds. The van der Waals surface area contributed by atoms with E-state index in [1.165, 1.54) is 21.8 Å². The van der Waals surface area contributed by atoms with Crippen molar-refractivity contribution in [3.63, 3.8) is 0 Å². The van der Waals surface area contributed by atoms with Crippen LogP contribution in [-0.4, -0.2) is 17.6 Å². The molecule has 0 fully saturated rings. The Bertz CT molecular complexity index is 646. The first-order valence-corrected chi connectivity index (χ1v) is 7.91. The van der Waals surface area contributed by atoms with Gasteiger partial charge in [0.15, 0.2) is 0 Å². The van der Waals surface area contributed by atoms with E-state index < -0.39 is 0 Å². The maximum absolute atomic E-state index is 12.0. The third kappa shape index (κ3) is 3.94. The average molecular weight is 305 g/mol. The van der Waals surface area contributed by atoms with Crippen molar-refractivity contribution >= 4 is 28.6 Å². The predicted molar refractivity (Wildman–Crippen MR) is 83.1 cm³/mol. The van der Waals surface area contributed by atoms with Crippen molar-refractivity contribution in [1.29, 1.82) is 0 Å². The standard InChI is InChI=1S/C15H15NO2S2/c1-11-7-9-19-14(11)10-16-15(18)13-6-5-12(20-13)4-2-3-8-17/h5-7,9,17H,3,8,10H2,1H3,(H,16,18). The summed E-state index contributed by atoms with van der Waals surface area (Å²) in [6.45, 7) is 2.66. The van der Waals surface area contributed by atoms with Crippen LogP contribution in [0.15, 0.2) is 23.6 Å². The number of nitrogens with one attached hydrogen (secondary N) is 1. The molecular formula is C15H15NO2S2. The predicted octanol–water partition coefficient (Wildman–Crippen LogP) is 2.78. The Morgan fingerprint density at radius 3 is 2.95 bits per heavy atom. The van der Waals surface area contributed by atoms with Gasteiger partial charge in [0, 0.05) is 11.3 Å². The normalized spacial score (nSPS) is 9.90. The van der Waals surface area contributed by atoms with Crippen LogP contribution in [-0.2, 0) is 6.54 Å². The lowest BCUT2D eigenvalue weighted by atomic mass is 10.3. The molecule has 2 aromatic heterocycles. The van der Waals surface area contributed by atoms with E-state index in [0.717, 1.165) is 4.88 Å². The minimum absolute atomic E-state index is 0.0614. The summed E-state index contributed by atoms with van der Waals surface area (Å²) in [5.74, 6) is 5.70. The van der Waals surface area contributed by atoms with E-state index in [-0.39, 0.29) is 12.5 Å². The summed E-state index contributed by atoms with van der Waals surface area (Å²) in [5.41, 5.74) is 1.21. The monoisotopic (exact) mass is 305 g/mol. The Morgan fingerprint density at radius 2 is 2.25 bits per heavy atom. The van der Waals surface area contributed by atoms with Crippen LogP contribution in [0.4, 0.5) is 0 Å². The molecule has 2 N–H and O–H groups in total. The molecule has 0 saturated carbocycles. The highest BCUT2D eigenvalue weighted by atomic mass is 32.1. The summed E-state index contributed by atoms with van der Waals surface area (Å²) < 4.78 is 0. The Balaban J connectivity index is 1.93. The van der Waals surface area contributed by atoms with Gasteiger partial charge in [-0.1, -0.05) is 11.8 Å². The lowest BCUT2D eigenvalue weighted by Gasteiger charge is -2.02. The van der Waals surface area contributed by atoms with Crippen molar-refractivity contribution in [3.05, 3.63) is 43.8 Å². The fourth-order valence-electron chi connectivity index (χ4n) is 1.57. The second-order valence-electron chi connectivity index (χ2n) is 4.15. The van der Waals surface area contributed by atoms with Gasteiger partial charge in [-0.2, -0.15) is 0 Å². The topological polar surface area (TPSA) is 49.3 Å². The quantitative estimate of drug-likeness (QED) is 0.853. The largest absolute Gasteiger partial charge is 0.395 e. The summed E-state index contributed by atoms with van der Waals surface area (Å²) in [6, 6.07) is 5.66. The van der Waals surface area contributed by atoms with Gasteiger partial charge in [-0.05, 0) is 36.1 Å². The molecule has 5 heteroatoms. The van der Waals surface area contributed by atoms with Gasteiger partial charge in [-0.3, -0.25) is 4.79 Å². The minimum atomic E-state index is -0.0713. The van der Waals surface area contributed by atoms with Crippen LogP contribution < -0.4 is 5.32 Å². The lowest BCUT2D eigenvalue weighted by Crippen LogP contribution is -2.21. The summed E-state index contributed by atoms with van der Waals surface area (Å²) >= 11 is 3.02. The SMILES string of the molecule is Cc1ccsc1CNC(=O)c1ccc(C#CCCO)s1. The summed E-state index contributed by atoms with van der Waals surface area (Å²) in [7, 11) is 0. The number of aryl methyl sites for hydroxylation is 1. The maximum atomic E-state index is 12.0. The van der Waals surface area contributed by atoms with E-state index >= 15 is 0 Å². The molecule has 0 aliphatic carbocycles. The summed E-state index contributed by atoms with van der Waals surface area (Å²) in [4.78, 5) is 14.7. The van der Waals surface area contributed by atoms with Gasteiger partial charge in [0.1, 0.15) is 0 Å². The molecule has 2 heterocycles. The molecule has 0 aromatic carbocycles. The van der Waals surface area contributed by atoms with Gasteiger partial charge in [0.05, 0.1) is 22.9 Å². The highest BCUT2D eigenvalue weighted by Crippen LogP contribution is 2.17. The zero-order chi connectivity index (χ0) is 14.4. The molecule has 0 atom stereocenters. The van der Waals surface area contributed by atoms with E-state index in [1.807, 2.05) is 24.4 Å². The maximum Gasteiger partial charge on any atom is 0.261 e. The first-order chi connectivity index (χ1) is 9.70. The van der Waals surface area contributed by atoms with Gasteiger partial charge >= 0.3 is 0 Å². The first kappa shape index (κ1) is 14.8. The highest BCUT2D eigenvalue weighted by molar-refractivity contribution is 7.14. The first-order valence-electron chi connectivity index (χ1n) is 6.21. The molecule has 3 nitrogen and oxygen atoms in total. The fourth-order valence-corrected chi connectivity index (χ4v) is 3.21. The van der Waals surface area contributed by atoms with Crippen molar-refractivity contribution in [1.82, 2.24) is 5.32 Å². The molecule has 0 radical (unpaired) electrons. The Labute approximate surface area is 126 Å². The number of hydrogen-bond acceptors (Lipinski definition) is 4. The van der Waals surface area contributed by atoms with Crippen molar-refractivity contribution in [2.45, 2.75) is 19.9 Å². The second kappa shape index (κ2) is 7.25. The van der Waals surface area contributed by atoms with E-state index in [9.17, 15) is 4.79 Å². The highest BCUT2D eigenvalue weighted by Gasteiger charge is 2.09. The smallest absolute Gasteiger partial charge is 0.261 e. The molecule has 20 heavy (non-hydrogen) atoms. The molecule has 0 spiro atoms. The average Bonchev–Trinajstić information content (AvgIpc) is 3.06. The third-order valence-electron chi connectivity index (χ3n) is 2.66. The van der Waals surface area contributed by atoms with E-state index in [2.05, 4.69) is 17.2 Å². The number of carbonyl (C=O) groups excluding carboxylic acids is 1. The lowest BCUT2D eigenvalue weighted by molar-refractivity contribution is 0.0955. The van der Waals surface area contributed by atoms with Crippen LogP contribution in [0.1, 0.15) is 31.4 Å². The van der Waals surface area contributed by atoms with Crippen molar-refractivity contribution in [2.75, 3.05) is 6.61 Å². The molecule has 0 saturated heterocycles. The third-order valence-corrected chi connectivity index (χ3v) is 4.68. The molecule has 0 bridgehead atoms. The van der Waals surface area contributed by atoms with Gasteiger partial charge < -0.3 is 10.4 Å². The number of carbonyl (C=O) groups is 1. The van der Waals surface area contributed by atoms with Crippen molar-refractivity contribution in [3.8, 4) is 11.8 Å². The van der Waals surface area contributed by atoms with Crippen LogP contribution in [0.2, 0.25) is 0 Å². The summed E-state index contributed by atoms with van der Waals surface area (Å²) in [5, 5.41) is 13.6. The van der Waals surface area contributed by atoms with Crippen LogP contribution >= 0.6 is 22.7 Å². The Kier molecular flexibility index (Phi) is 5.36. The Morgan fingerprint density at radius 1 is 1.40 bits per heavy atom. The van der Waals surface area contributed by atoms with E-state index in [1.54, 1.807) is 17.4 Å². The number of aliphatic hydroxyl groups excluding tert-OH is 1. The molecule has 0 aliphatic heterocycles. The van der Waals surface area contributed by atoms with Gasteiger partial charge in [0.25, 0.3) is 5.91 Å². The molecular weight excluding hydrogens is 290 g/mol. The number of amides is 1. The van der Waals surface area contributed by atoms with Gasteiger partial charge in [-0.25, -0.2) is 0 Å². The van der Waals surface area contributed by atoms with E-state index in [0.29, 0.717) is 17.8 Å². The van der Waals surface area contributed by atoms with Crippen molar-refractivity contribution < 1.29 is 9.90 Å². The van der Waals surface area contributed by atoms with Crippen LogP contribution in [0.3, 0.4) is 0 Å². The molecule has 104 valence electrons. The molecule has 2 rings (SSSR count). The molecule has 0 aliphatic rings. The van der Waals surface area contributed by atoms with Gasteiger partial charge in [-0.15, -0.1) is 22.7 Å². The Hall–Kier alpha value is -1.61. The van der Waals surface area contributed by atoms with E-state index in [4.69, 9.17) is 5.11 Å². The number of rotatable bonds is 4. The minimum Gasteiger partial charge on any atom is -0.395 e. The number of aliphatic hydroxyl groups is 1. The zero-order valence-electron chi connectivity index (χ0n) is 11.1. The molecule has 2 aromatic rings. The second-order valence-corrected chi connectivity index (χ2v) is 6.23. The fraction of sp³-hybridized carbons (Fsp3) is 0.267. The summed E-state index contributed by atoms with van der Waals surface area (Å²) in [6.07, 6.45) is 0.455. The van der Waals surface area contributed by atoms with Crippen LogP contribution in [0.25, 0.3) is 0 Å². The zero-order valence-corrected chi connectivity index (χ0v) is 12.7. The van der Waals surface area contributed by atoms with Crippen LogP contribution in [0.5, 0.6) is 0 Å². The van der Waals surface area contributed by atoms with Crippen molar-refractivity contribution in [2.24, 2.45) is 0 Å². The van der Waals surface area contributed by atoms with Gasteiger partial charge in [0.2, 0.25) is 0 Å². The number of thiophene rings is 2. The molecule has 0 unspecified atom stereocenters.